The van der Waals surface area contributed by atoms with Gasteiger partial charge in [-0.1, -0.05) is 6.92 Å². The van der Waals surface area contributed by atoms with Crippen molar-refractivity contribution in [2.75, 3.05) is 12.4 Å². The zero-order valence-electron chi connectivity index (χ0n) is 8.96. The number of aliphatic carboxylic acids is 1. The van der Waals surface area contributed by atoms with Crippen molar-refractivity contribution in [3.05, 3.63) is 0 Å². The Bertz CT molecular complexity index is 270. The number of carboxylic acid groups (broad SMARTS) is 1. The largest absolute Gasteiger partial charge is 0.480 e. The fourth-order valence-corrected chi connectivity index (χ4v) is 1.04. The lowest BCUT2D eigenvalue weighted by molar-refractivity contribution is -0.140. The van der Waals surface area contributed by atoms with Crippen LogP contribution in [0.1, 0.15) is 19.8 Å². The molecule has 1 unspecified atom stereocenters. The van der Waals surface area contributed by atoms with E-state index in [2.05, 4.69) is 10.6 Å². The highest BCUT2D eigenvalue weighted by Crippen LogP contribution is 1.97. The summed E-state index contributed by atoms with van der Waals surface area (Å²) in [5.41, 5.74) is 0. The first kappa shape index (κ1) is 14.7. The van der Waals surface area contributed by atoms with Crippen molar-refractivity contribution in [3.63, 3.8) is 0 Å². The Hall–Kier alpha value is -1.30. The number of ketones is 1. The number of carbonyl (C=O) groups is 3. The third-order valence-corrected chi connectivity index (χ3v) is 2.00. The molecule has 6 nitrogen and oxygen atoms in total. The highest BCUT2D eigenvalue weighted by molar-refractivity contribution is 6.18. The molecule has 0 heterocycles. The first-order valence-corrected chi connectivity index (χ1v) is 5.39. The van der Waals surface area contributed by atoms with Crippen molar-refractivity contribution in [1.29, 1.82) is 0 Å². The Morgan fingerprint density at radius 1 is 1.38 bits per heavy atom. The van der Waals surface area contributed by atoms with Crippen molar-refractivity contribution < 1.29 is 19.5 Å². The van der Waals surface area contributed by atoms with Crippen LogP contribution in [0, 0.1) is 0 Å². The van der Waals surface area contributed by atoms with Crippen LogP contribution in [0.15, 0.2) is 0 Å². The summed E-state index contributed by atoms with van der Waals surface area (Å²) >= 11 is 5.34. The second kappa shape index (κ2) is 7.92. The predicted molar refractivity (Wildman–Crippen MR) is 58.6 cm³/mol. The fourth-order valence-electron chi connectivity index (χ4n) is 0.942. The Labute approximate surface area is 98.3 Å². The zero-order valence-corrected chi connectivity index (χ0v) is 9.71. The predicted octanol–water partition coefficient (Wildman–Crippen LogP) is 0.347. The van der Waals surface area contributed by atoms with Crippen LogP contribution in [0.5, 0.6) is 0 Å². The van der Waals surface area contributed by atoms with Crippen LogP contribution in [0.3, 0.4) is 0 Å². The van der Waals surface area contributed by atoms with E-state index in [9.17, 15) is 14.4 Å². The van der Waals surface area contributed by atoms with Crippen molar-refractivity contribution in [3.8, 4) is 0 Å². The molecule has 0 aliphatic rings. The van der Waals surface area contributed by atoms with Gasteiger partial charge in [0, 0.05) is 25.3 Å². The molecule has 0 aromatic rings. The third kappa shape index (κ3) is 6.23. The second-order valence-electron chi connectivity index (χ2n) is 3.08. The Balaban J connectivity index is 4.17. The molecule has 0 aromatic heterocycles. The van der Waals surface area contributed by atoms with Gasteiger partial charge in [-0.15, -0.1) is 11.6 Å². The van der Waals surface area contributed by atoms with Gasteiger partial charge >= 0.3 is 12.0 Å². The summed E-state index contributed by atoms with van der Waals surface area (Å²) in [6.45, 7) is 1.87. The van der Waals surface area contributed by atoms with Gasteiger partial charge in [0.05, 0.1) is 0 Å². The first-order chi connectivity index (χ1) is 7.51. The smallest absolute Gasteiger partial charge is 0.326 e. The summed E-state index contributed by atoms with van der Waals surface area (Å²) in [5, 5.41) is 13.3. The standard InChI is InChI=1S/C9H15ClN2O4/c1-2-6(13)5-7(8(14)15)12-9(16)11-4-3-10/h7H,2-5H2,1H3,(H,14,15)(H2,11,12,16). The number of Topliss-reactive ketones (excluding diaryl/α,β-unsaturated/α-hetero) is 1. The molecule has 0 fully saturated rings. The highest BCUT2D eigenvalue weighted by atomic mass is 35.5. The summed E-state index contributed by atoms with van der Waals surface area (Å²) < 4.78 is 0. The van der Waals surface area contributed by atoms with Crippen molar-refractivity contribution in [1.82, 2.24) is 10.6 Å². The monoisotopic (exact) mass is 250 g/mol. The van der Waals surface area contributed by atoms with E-state index in [0.717, 1.165) is 0 Å². The number of halogens is 1. The molecule has 0 radical (unpaired) electrons. The van der Waals surface area contributed by atoms with Gasteiger partial charge in [-0.05, 0) is 0 Å². The van der Waals surface area contributed by atoms with Gasteiger partial charge in [-0.25, -0.2) is 9.59 Å². The van der Waals surface area contributed by atoms with E-state index in [4.69, 9.17) is 16.7 Å². The molecule has 0 aliphatic carbocycles. The lowest BCUT2D eigenvalue weighted by Gasteiger charge is -2.13. The van der Waals surface area contributed by atoms with Crippen molar-refractivity contribution in [2.24, 2.45) is 0 Å². The molecule has 2 amide bonds. The summed E-state index contributed by atoms with van der Waals surface area (Å²) in [7, 11) is 0. The molecule has 1 atom stereocenters. The van der Waals surface area contributed by atoms with Crippen LogP contribution in [0.25, 0.3) is 0 Å². The van der Waals surface area contributed by atoms with Gasteiger partial charge in [0.1, 0.15) is 11.8 Å². The normalized spacial score (nSPS) is 11.6. The molecule has 0 saturated carbocycles. The Morgan fingerprint density at radius 3 is 2.44 bits per heavy atom. The maximum Gasteiger partial charge on any atom is 0.326 e. The van der Waals surface area contributed by atoms with Gasteiger partial charge < -0.3 is 15.7 Å². The molecular weight excluding hydrogens is 236 g/mol. The lowest BCUT2D eigenvalue weighted by Crippen LogP contribution is -2.47. The second-order valence-corrected chi connectivity index (χ2v) is 3.45. The minimum atomic E-state index is -1.23. The SMILES string of the molecule is CCC(=O)CC(NC(=O)NCCCl)C(=O)O. The maximum absolute atomic E-state index is 11.1. The zero-order chi connectivity index (χ0) is 12.6. The van der Waals surface area contributed by atoms with E-state index in [1.54, 1.807) is 6.92 Å². The van der Waals surface area contributed by atoms with Gasteiger partial charge in [0.15, 0.2) is 0 Å². The van der Waals surface area contributed by atoms with Crippen LogP contribution in [0.2, 0.25) is 0 Å². The van der Waals surface area contributed by atoms with Crippen LogP contribution < -0.4 is 10.6 Å². The van der Waals surface area contributed by atoms with E-state index in [-0.39, 0.29) is 31.0 Å². The van der Waals surface area contributed by atoms with Gasteiger partial charge in [-0.2, -0.15) is 0 Å². The number of alkyl halides is 1. The fraction of sp³-hybridized carbons (Fsp3) is 0.667. The van der Waals surface area contributed by atoms with Crippen LogP contribution in [-0.4, -0.2) is 41.4 Å². The molecule has 0 bridgehead atoms. The van der Waals surface area contributed by atoms with Crippen LogP contribution in [0.4, 0.5) is 4.79 Å². The molecule has 0 aliphatic heterocycles. The number of hydrogen-bond acceptors (Lipinski definition) is 3. The molecule has 0 saturated heterocycles. The topological polar surface area (TPSA) is 95.5 Å². The Morgan fingerprint density at radius 2 is 2.00 bits per heavy atom. The average Bonchev–Trinajstić information content (AvgIpc) is 2.24. The van der Waals surface area contributed by atoms with E-state index < -0.39 is 18.0 Å². The van der Waals surface area contributed by atoms with Gasteiger partial charge in [0.25, 0.3) is 0 Å². The van der Waals surface area contributed by atoms with Gasteiger partial charge in [-0.3, -0.25) is 4.79 Å². The molecule has 0 aromatic carbocycles. The first-order valence-electron chi connectivity index (χ1n) is 4.86. The maximum atomic E-state index is 11.1. The van der Waals surface area contributed by atoms with Crippen molar-refractivity contribution in [2.45, 2.75) is 25.8 Å². The molecule has 92 valence electrons. The number of amides is 2. The highest BCUT2D eigenvalue weighted by Gasteiger charge is 2.22. The van der Waals surface area contributed by atoms with E-state index in [0.29, 0.717) is 0 Å². The number of carbonyl (C=O) groups excluding carboxylic acids is 2. The van der Waals surface area contributed by atoms with Gasteiger partial charge in [0.2, 0.25) is 0 Å². The third-order valence-electron chi connectivity index (χ3n) is 1.81. The molecule has 0 spiro atoms. The minimum absolute atomic E-state index is 0.208. The summed E-state index contributed by atoms with van der Waals surface area (Å²) in [4.78, 5) is 32.9. The molecule has 0 rings (SSSR count). The summed E-state index contributed by atoms with van der Waals surface area (Å²) in [6.07, 6.45) is 0.0366. The number of nitrogens with one attached hydrogen (secondary N) is 2. The van der Waals surface area contributed by atoms with E-state index in [1.165, 1.54) is 0 Å². The Kier molecular flexibility index (Phi) is 7.28. The van der Waals surface area contributed by atoms with Crippen LogP contribution >= 0.6 is 11.6 Å². The van der Waals surface area contributed by atoms with Crippen molar-refractivity contribution >= 4 is 29.4 Å². The molecular formula is C9H15ClN2O4. The quantitative estimate of drug-likeness (QED) is 0.568. The minimum Gasteiger partial charge on any atom is -0.480 e. The number of urea groups is 1. The average molecular weight is 251 g/mol. The molecule has 3 N–H and O–H groups in total. The number of rotatable bonds is 7. The molecule has 16 heavy (non-hydrogen) atoms. The van der Waals surface area contributed by atoms with Crippen LogP contribution in [-0.2, 0) is 9.59 Å². The molecule has 7 heteroatoms. The summed E-state index contributed by atoms with van der Waals surface area (Å²) in [5.74, 6) is -1.22. The van der Waals surface area contributed by atoms with E-state index in [1.807, 2.05) is 0 Å². The number of hydrogen-bond donors (Lipinski definition) is 3. The number of carboxylic acids is 1. The summed E-state index contributed by atoms with van der Waals surface area (Å²) in [6, 6.07) is -1.83. The van der Waals surface area contributed by atoms with E-state index >= 15 is 0 Å². The lowest BCUT2D eigenvalue weighted by atomic mass is 10.1.